The molecule has 1 amide bonds. The number of nitrogens with one attached hydrogen (secondary N) is 1. The number of carbonyl (C=O) groups excluding carboxylic acids is 1. The number of aliphatic hydroxyl groups excluding tert-OH is 1. The maximum Gasteiger partial charge on any atom is 0.251 e. The van der Waals surface area contributed by atoms with Crippen molar-refractivity contribution in [2.45, 2.75) is 33.6 Å². The van der Waals surface area contributed by atoms with Crippen LogP contribution in [0.5, 0.6) is 0 Å². The Labute approximate surface area is 131 Å². The van der Waals surface area contributed by atoms with Gasteiger partial charge in [-0.05, 0) is 30.0 Å². The standard InChI is InChI=1S/C17H22ClNO2/c1-4-17(2,3)12-19-16(21)14-9-8-13(15(18)11-14)7-5-6-10-20/h8-9,11,20H,4,6,10,12H2,1-3H3,(H,19,21). The Morgan fingerprint density at radius 1 is 1.43 bits per heavy atom. The number of halogens is 1. The number of hydrogen-bond acceptors (Lipinski definition) is 2. The monoisotopic (exact) mass is 307 g/mol. The van der Waals surface area contributed by atoms with E-state index in [1.54, 1.807) is 18.2 Å². The van der Waals surface area contributed by atoms with Crippen molar-refractivity contribution >= 4 is 17.5 Å². The summed E-state index contributed by atoms with van der Waals surface area (Å²) in [5.74, 6) is 5.55. The molecule has 114 valence electrons. The molecule has 0 aromatic heterocycles. The molecule has 0 fully saturated rings. The first kappa shape index (κ1) is 17.6. The Hall–Kier alpha value is -1.50. The van der Waals surface area contributed by atoms with Gasteiger partial charge in [0.25, 0.3) is 5.91 Å². The fourth-order valence-electron chi connectivity index (χ4n) is 1.52. The highest BCUT2D eigenvalue weighted by molar-refractivity contribution is 6.32. The van der Waals surface area contributed by atoms with Gasteiger partial charge >= 0.3 is 0 Å². The molecule has 0 bridgehead atoms. The molecule has 0 aliphatic carbocycles. The van der Waals surface area contributed by atoms with E-state index in [0.29, 0.717) is 29.1 Å². The summed E-state index contributed by atoms with van der Waals surface area (Å²) in [6.07, 6.45) is 1.40. The molecule has 1 rings (SSSR count). The number of amides is 1. The van der Waals surface area contributed by atoms with Crippen molar-refractivity contribution in [3.05, 3.63) is 34.3 Å². The molecule has 1 aromatic rings. The molecule has 0 aliphatic heterocycles. The lowest BCUT2D eigenvalue weighted by atomic mass is 9.90. The molecule has 0 saturated heterocycles. The summed E-state index contributed by atoms with van der Waals surface area (Å²) in [4.78, 5) is 12.1. The normalized spacial score (nSPS) is 10.7. The fraction of sp³-hybridized carbons (Fsp3) is 0.471. The van der Waals surface area contributed by atoms with E-state index in [0.717, 1.165) is 6.42 Å². The second kappa shape index (κ2) is 8.07. The molecular formula is C17H22ClNO2. The number of carbonyl (C=O) groups is 1. The van der Waals surface area contributed by atoms with E-state index in [1.165, 1.54) is 0 Å². The average Bonchev–Trinajstić information content (AvgIpc) is 2.46. The van der Waals surface area contributed by atoms with Gasteiger partial charge in [-0.15, -0.1) is 0 Å². The highest BCUT2D eigenvalue weighted by Crippen LogP contribution is 2.19. The van der Waals surface area contributed by atoms with Crippen LogP contribution in [0.1, 0.15) is 49.5 Å². The van der Waals surface area contributed by atoms with Gasteiger partial charge in [0.2, 0.25) is 0 Å². The van der Waals surface area contributed by atoms with Crippen LogP contribution in [0.15, 0.2) is 18.2 Å². The zero-order chi connectivity index (χ0) is 15.9. The van der Waals surface area contributed by atoms with E-state index < -0.39 is 0 Å². The summed E-state index contributed by atoms with van der Waals surface area (Å²) in [6, 6.07) is 5.06. The van der Waals surface area contributed by atoms with Crippen molar-refractivity contribution in [2.75, 3.05) is 13.2 Å². The van der Waals surface area contributed by atoms with Crippen molar-refractivity contribution in [3.8, 4) is 11.8 Å². The minimum Gasteiger partial charge on any atom is -0.395 e. The molecular weight excluding hydrogens is 286 g/mol. The first-order valence-corrected chi connectivity index (χ1v) is 7.45. The maximum absolute atomic E-state index is 12.1. The average molecular weight is 308 g/mol. The predicted octanol–water partition coefficient (Wildman–Crippen LogP) is 3.24. The third kappa shape index (κ3) is 5.79. The van der Waals surface area contributed by atoms with Crippen LogP contribution in [0.2, 0.25) is 5.02 Å². The number of rotatable bonds is 5. The molecule has 0 heterocycles. The van der Waals surface area contributed by atoms with Crippen LogP contribution < -0.4 is 5.32 Å². The van der Waals surface area contributed by atoms with Crippen molar-refractivity contribution in [2.24, 2.45) is 5.41 Å². The highest BCUT2D eigenvalue weighted by atomic mass is 35.5. The Balaban J connectivity index is 2.75. The first-order valence-electron chi connectivity index (χ1n) is 7.07. The van der Waals surface area contributed by atoms with Gasteiger partial charge in [0.15, 0.2) is 0 Å². The lowest BCUT2D eigenvalue weighted by Gasteiger charge is -2.22. The smallest absolute Gasteiger partial charge is 0.251 e. The zero-order valence-corrected chi connectivity index (χ0v) is 13.5. The molecule has 0 saturated carbocycles. The zero-order valence-electron chi connectivity index (χ0n) is 12.8. The molecule has 0 unspecified atom stereocenters. The Bertz CT molecular complexity index is 556. The topological polar surface area (TPSA) is 49.3 Å². The second-order valence-electron chi connectivity index (χ2n) is 5.67. The van der Waals surface area contributed by atoms with Crippen LogP contribution in [-0.2, 0) is 0 Å². The number of benzene rings is 1. The molecule has 0 spiro atoms. The van der Waals surface area contributed by atoms with Crippen LogP contribution in [0.4, 0.5) is 0 Å². The van der Waals surface area contributed by atoms with Gasteiger partial charge in [0.05, 0.1) is 11.6 Å². The van der Waals surface area contributed by atoms with Crippen molar-refractivity contribution in [1.82, 2.24) is 5.32 Å². The van der Waals surface area contributed by atoms with Crippen LogP contribution in [-0.4, -0.2) is 24.2 Å². The van der Waals surface area contributed by atoms with Crippen LogP contribution in [0.25, 0.3) is 0 Å². The van der Waals surface area contributed by atoms with Crippen LogP contribution in [0, 0.1) is 17.3 Å². The third-order valence-electron chi connectivity index (χ3n) is 3.38. The lowest BCUT2D eigenvalue weighted by molar-refractivity contribution is 0.0935. The molecule has 4 heteroatoms. The summed E-state index contributed by atoms with van der Waals surface area (Å²) in [7, 11) is 0. The largest absolute Gasteiger partial charge is 0.395 e. The van der Waals surface area contributed by atoms with E-state index in [1.807, 2.05) is 0 Å². The summed E-state index contributed by atoms with van der Waals surface area (Å²) in [5.41, 5.74) is 1.27. The van der Waals surface area contributed by atoms with Crippen LogP contribution >= 0.6 is 11.6 Å². The highest BCUT2D eigenvalue weighted by Gasteiger charge is 2.17. The molecule has 21 heavy (non-hydrogen) atoms. The fourth-order valence-corrected chi connectivity index (χ4v) is 1.75. The molecule has 2 N–H and O–H groups in total. The van der Waals surface area contributed by atoms with Crippen LogP contribution in [0.3, 0.4) is 0 Å². The lowest BCUT2D eigenvalue weighted by Crippen LogP contribution is -2.33. The minimum atomic E-state index is -0.131. The van der Waals surface area contributed by atoms with Gasteiger partial charge in [0, 0.05) is 24.1 Å². The van der Waals surface area contributed by atoms with Crippen molar-refractivity contribution < 1.29 is 9.90 Å². The Kier molecular flexibility index (Phi) is 6.74. The SMILES string of the molecule is CCC(C)(C)CNC(=O)c1ccc(C#CCCO)c(Cl)c1. The molecule has 0 aliphatic rings. The van der Waals surface area contributed by atoms with Gasteiger partial charge in [-0.3, -0.25) is 4.79 Å². The van der Waals surface area contributed by atoms with E-state index in [9.17, 15) is 4.79 Å². The van der Waals surface area contributed by atoms with Gasteiger partial charge in [-0.25, -0.2) is 0 Å². The van der Waals surface area contributed by atoms with E-state index in [-0.39, 0.29) is 17.9 Å². The van der Waals surface area contributed by atoms with Crippen molar-refractivity contribution in [1.29, 1.82) is 0 Å². The number of aliphatic hydroxyl groups is 1. The van der Waals surface area contributed by atoms with Crippen molar-refractivity contribution in [3.63, 3.8) is 0 Å². The van der Waals surface area contributed by atoms with E-state index in [4.69, 9.17) is 16.7 Å². The van der Waals surface area contributed by atoms with E-state index in [2.05, 4.69) is 37.9 Å². The summed E-state index contributed by atoms with van der Waals surface area (Å²) < 4.78 is 0. The summed E-state index contributed by atoms with van der Waals surface area (Å²) >= 11 is 6.12. The second-order valence-corrected chi connectivity index (χ2v) is 6.08. The van der Waals surface area contributed by atoms with Gasteiger partial charge < -0.3 is 10.4 Å². The minimum absolute atomic E-state index is 0.0261. The molecule has 3 nitrogen and oxygen atoms in total. The third-order valence-corrected chi connectivity index (χ3v) is 3.69. The molecule has 1 aromatic carbocycles. The summed E-state index contributed by atoms with van der Waals surface area (Å²) in [5, 5.41) is 12.1. The summed E-state index contributed by atoms with van der Waals surface area (Å²) in [6.45, 7) is 6.97. The quantitative estimate of drug-likeness (QED) is 0.821. The van der Waals surface area contributed by atoms with Gasteiger partial charge in [0.1, 0.15) is 0 Å². The van der Waals surface area contributed by atoms with Gasteiger partial charge in [-0.1, -0.05) is 44.2 Å². The molecule has 0 radical (unpaired) electrons. The first-order chi connectivity index (χ1) is 9.89. The predicted molar refractivity (Wildman–Crippen MR) is 86.4 cm³/mol. The molecule has 0 atom stereocenters. The Morgan fingerprint density at radius 2 is 2.14 bits per heavy atom. The van der Waals surface area contributed by atoms with Gasteiger partial charge in [-0.2, -0.15) is 0 Å². The maximum atomic E-state index is 12.1. The van der Waals surface area contributed by atoms with E-state index >= 15 is 0 Å². The number of hydrogen-bond donors (Lipinski definition) is 2. The Morgan fingerprint density at radius 3 is 2.71 bits per heavy atom.